The minimum atomic E-state index is -0.469. The summed E-state index contributed by atoms with van der Waals surface area (Å²) in [7, 11) is 1.66. The van der Waals surface area contributed by atoms with Gasteiger partial charge in [0.2, 0.25) is 0 Å². The van der Waals surface area contributed by atoms with Crippen LogP contribution < -0.4 is 9.47 Å². The first-order valence-corrected chi connectivity index (χ1v) is 8.35. The van der Waals surface area contributed by atoms with Crippen molar-refractivity contribution in [3.8, 4) is 11.5 Å². The maximum absolute atomic E-state index is 12.2. The molecule has 0 aliphatic carbocycles. The van der Waals surface area contributed by atoms with Gasteiger partial charge in [-0.05, 0) is 45.1 Å². The van der Waals surface area contributed by atoms with E-state index in [1.165, 1.54) is 0 Å². The first-order valence-electron chi connectivity index (χ1n) is 8.35. The van der Waals surface area contributed by atoms with Crippen LogP contribution in [0, 0.1) is 0 Å². The Kier molecular flexibility index (Phi) is 4.20. The molecule has 2 aliphatic heterocycles. The highest BCUT2D eigenvalue weighted by atomic mass is 16.6. The molecule has 0 atom stereocenters. The van der Waals surface area contributed by atoms with Crippen LogP contribution in [-0.2, 0) is 4.74 Å². The van der Waals surface area contributed by atoms with E-state index in [1.54, 1.807) is 12.0 Å². The lowest BCUT2D eigenvalue weighted by molar-refractivity contribution is -0.00106. The number of benzene rings is 1. The number of hydrogen-bond donors (Lipinski definition) is 0. The van der Waals surface area contributed by atoms with Gasteiger partial charge in [0.25, 0.3) is 0 Å². The van der Waals surface area contributed by atoms with E-state index in [0.717, 1.165) is 29.9 Å². The van der Waals surface area contributed by atoms with Crippen molar-refractivity contribution in [2.45, 2.75) is 44.8 Å². The summed E-state index contributed by atoms with van der Waals surface area (Å²) in [5.74, 6) is 1.65. The smallest absolute Gasteiger partial charge is 0.410 e. The predicted octanol–water partition coefficient (Wildman–Crippen LogP) is 3.87. The van der Waals surface area contributed by atoms with E-state index in [0.29, 0.717) is 13.1 Å². The lowest BCUT2D eigenvalue weighted by Gasteiger charge is -2.42. The van der Waals surface area contributed by atoms with Crippen molar-refractivity contribution in [2.75, 3.05) is 20.2 Å². The normalized spacial score (nSPS) is 18.8. The van der Waals surface area contributed by atoms with E-state index < -0.39 is 5.60 Å². The number of nitrogens with zero attached hydrogens (tertiary/aromatic N) is 1. The van der Waals surface area contributed by atoms with Gasteiger partial charge in [-0.3, -0.25) is 0 Å². The van der Waals surface area contributed by atoms with Crippen molar-refractivity contribution in [1.29, 1.82) is 0 Å². The maximum atomic E-state index is 12.2. The number of fused-ring (bicyclic) bond motifs is 1. The molecule has 24 heavy (non-hydrogen) atoms. The first-order chi connectivity index (χ1) is 11.3. The standard InChI is InChI=1S/C19H25NO4/c1-18(2,3)24-17(21)20-12-10-19(11-13-20)9-8-14-15(22-4)6-5-7-16(14)23-19/h5-9H,10-13H2,1-4H3. The van der Waals surface area contributed by atoms with Crippen LogP contribution in [0.15, 0.2) is 24.3 Å². The highest BCUT2D eigenvalue weighted by molar-refractivity contribution is 5.69. The molecule has 2 aliphatic rings. The van der Waals surface area contributed by atoms with Crippen LogP contribution >= 0.6 is 0 Å². The van der Waals surface area contributed by atoms with Gasteiger partial charge in [0.15, 0.2) is 0 Å². The Morgan fingerprint density at radius 3 is 2.58 bits per heavy atom. The Hall–Kier alpha value is -2.17. The van der Waals surface area contributed by atoms with Crippen molar-refractivity contribution in [3.63, 3.8) is 0 Å². The number of carbonyl (C=O) groups is 1. The Bertz CT molecular complexity index is 652. The molecular weight excluding hydrogens is 306 g/mol. The third-order valence-electron chi connectivity index (χ3n) is 4.37. The Labute approximate surface area is 143 Å². The molecule has 0 saturated carbocycles. The van der Waals surface area contributed by atoms with E-state index in [-0.39, 0.29) is 11.7 Å². The molecular formula is C19H25NO4. The summed E-state index contributed by atoms with van der Waals surface area (Å²) in [6, 6.07) is 5.82. The fraction of sp³-hybridized carbons (Fsp3) is 0.526. The zero-order chi connectivity index (χ0) is 17.4. The summed E-state index contributed by atoms with van der Waals surface area (Å²) in [5.41, 5.74) is 0.154. The van der Waals surface area contributed by atoms with Gasteiger partial charge in [-0.15, -0.1) is 0 Å². The van der Waals surface area contributed by atoms with Crippen LogP contribution in [0.4, 0.5) is 4.79 Å². The predicted molar refractivity (Wildman–Crippen MR) is 92.4 cm³/mol. The fourth-order valence-electron chi connectivity index (χ4n) is 3.11. The number of methoxy groups -OCH3 is 1. The lowest BCUT2D eigenvalue weighted by atomic mass is 9.88. The summed E-state index contributed by atoms with van der Waals surface area (Å²) in [6.45, 7) is 6.89. The molecule has 1 amide bonds. The van der Waals surface area contributed by atoms with E-state index in [9.17, 15) is 4.79 Å². The first kappa shape index (κ1) is 16.7. The van der Waals surface area contributed by atoms with Gasteiger partial charge in [0, 0.05) is 25.9 Å². The Balaban J connectivity index is 1.68. The van der Waals surface area contributed by atoms with Crippen LogP contribution in [0.25, 0.3) is 6.08 Å². The van der Waals surface area contributed by atoms with Crippen LogP contribution in [0.5, 0.6) is 11.5 Å². The number of ether oxygens (including phenoxy) is 3. The Morgan fingerprint density at radius 2 is 1.96 bits per heavy atom. The molecule has 1 aromatic rings. The second-order valence-corrected chi connectivity index (χ2v) is 7.34. The average molecular weight is 331 g/mol. The summed E-state index contributed by atoms with van der Waals surface area (Å²) < 4.78 is 17.1. The van der Waals surface area contributed by atoms with Gasteiger partial charge in [0.05, 0.1) is 12.7 Å². The van der Waals surface area contributed by atoms with Crippen LogP contribution in [0.2, 0.25) is 0 Å². The third-order valence-corrected chi connectivity index (χ3v) is 4.37. The van der Waals surface area contributed by atoms with Gasteiger partial charge >= 0.3 is 6.09 Å². The second kappa shape index (κ2) is 6.04. The van der Waals surface area contributed by atoms with Crippen molar-refractivity contribution < 1.29 is 19.0 Å². The number of hydrogen-bond acceptors (Lipinski definition) is 4. The molecule has 5 nitrogen and oxygen atoms in total. The zero-order valence-electron chi connectivity index (χ0n) is 14.8. The largest absolute Gasteiger partial charge is 0.496 e. The Morgan fingerprint density at radius 1 is 1.25 bits per heavy atom. The molecule has 0 radical (unpaired) electrons. The highest BCUT2D eigenvalue weighted by Crippen LogP contribution is 2.40. The second-order valence-electron chi connectivity index (χ2n) is 7.34. The molecule has 2 heterocycles. The lowest BCUT2D eigenvalue weighted by Crippen LogP contribution is -2.50. The summed E-state index contributed by atoms with van der Waals surface area (Å²) in [4.78, 5) is 14.0. The molecule has 0 N–H and O–H groups in total. The van der Waals surface area contributed by atoms with Crippen LogP contribution in [0.3, 0.4) is 0 Å². The molecule has 0 unspecified atom stereocenters. The SMILES string of the molecule is COc1cccc2c1C=CC1(CCN(C(=O)OC(C)(C)C)CC1)O2. The van der Waals surface area contributed by atoms with Gasteiger partial charge < -0.3 is 19.1 Å². The van der Waals surface area contributed by atoms with Crippen molar-refractivity contribution >= 4 is 12.2 Å². The molecule has 0 aromatic heterocycles. The molecule has 1 fully saturated rings. The van der Waals surface area contributed by atoms with E-state index in [1.807, 2.05) is 39.0 Å². The number of piperidine rings is 1. The quantitative estimate of drug-likeness (QED) is 0.784. The zero-order valence-corrected chi connectivity index (χ0v) is 14.8. The van der Waals surface area contributed by atoms with Gasteiger partial charge in [-0.1, -0.05) is 6.07 Å². The van der Waals surface area contributed by atoms with Crippen LogP contribution in [-0.4, -0.2) is 42.4 Å². The molecule has 1 spiro atoms. The molecule has 130 valence electrons. The number of rotatable bonds is 1. The van der Waals surface area contributed by atoms with Gasteiger partial charge in [0.1, 0.15) is 22.7 Å². The maximum Gasteiger partial charge on any atom is 0.410 e. The minimum absolute atomic E-state index is 0.251. The monoisotopic (exact) mass is 331 g/mol. The topological polar surface area (TPSA) is 48.0 Å². The van der Waals surface area contributed by atoms with Crippen LogP contribution in [0.1, 0.15) is 39.2 Å². The average Bonchev–Trinajstić information content (AvgIpc) is 2.53. The fourth-order valence-corrected chi connectivity index (χ4v) is 3.11. The van der Waals surface area contributed by atoms with Crippen molar-refractivity contribution in [2.24, 2.45) is 0 Å². The van der Waals surface area contributed by atoms with E-state index in [2.05, 4.69) is 12.2 Å². The minimum Gasteiger partial charge on any atom is -0.496 e. The molecule has 5 heteroatoms. The third kappa shape index (κ3) is 3.35. The highest BCUT2D eigenvalue weighted by Gasteiger charge is 2.39. The number of carbonyl (C=O) groups excluding carboxylic acids is 1. The van der Waals surface area contributed by atoms with Gasteiger partial charge in [-0.2, -0.15) is 0 Å². The van der Waals surface area contributed by atoms with Crippen molar-refractivity contribution in [3.05, 3.63) is 29.8 Å². The summed E-state index contributed by atoms with van der Waals surface area (Å²) in [6.07, 6.45) is 5.42. The summed E-state index contributed by atoms with van der Waals surface area (Å²) >= 11 is 0. The summed E-state index contributed by atoms with van der Waals surface area (Å²) in [5, 5.41) is 0. The van der Waals surface area contributed by atoms with Gasteiger partial charge in [-0.25, -0.2) is 4.79 Å². The van der Waals surface area contributed by atoms with E-state index >= 15 is 0 Å². The molecule has 1 aromatic carbocycles. The molecule has 1 saturated heterocycles. The molecule has 0 bridgehead atoms. The van der Waals surface area contributed by atoms with Crippen molar-refractivity contribution in [1.82, 2.24) is 4.90 Å². The van der Waals surface area contributed by atoms with E-state index in [4.69, 9.17) is 14.2 Å². The number of likely N-dealkylation sites (tertiary alicyclic amines) is 1. The number of amides is 1. The molecule has 3 rings (SSSR count).